The van der Waals surface area contributed by atoms with E-state index in [2.05, 4.69) is 20.6 Å². The number of carbonyl (C=O) groups is 1. The van der Waals surface area contributed by atoms with Gasteiger partial charge in [-0.05, 0) is 18.2 Å². The van der Waals surface area contributed by atoms with Gasteiger partial charge in [-0.15, -0.1) is 0 Å². The molecule has 0 atom stereocenters. The van der Waals surface area contributed by atoms with Gasteiger partial charge < -0.3 is 10.2 Å². The van der Waals surface area contributed by atoms with E-state index in [1.165, 1.54) is 25.3 Å². The van der Waals surface area contributed by atoms with E-state index in [-0.39, 0.29) is 32.0 Å². The number of halogens is 5. The average Bonchev–Trinajstić information content (AvgIpc) is 2.60. The lowest BCUT2D eigenvalue weighted by Crippen LogP contribution is -2.21. The third-order valence-electron chi connectivity index (χ3n) is 3.36. The minimum absolute atomic E-state index is 0.0146. The highest BCUT2D eigenvalue weighted by Crippen LogP contribution is 2.40. The Morgan fingerprint density at radius 1 is 1.27 bits per heavy atom. The number of rotatable bonds is 6. The van der Waals surface area contributed by atoms with Crippen molar-refractivity contribution in [2.24, 2.45) is 0 Å². The standard InChI is InChI=1S/C16H14Cl3F2N3O2/c1-3-22-24-10-6-9(23-14(13(10)19)16(25)26-2)7-4-5-8(17)11(12(7)18)15(20)21/h4-6,15,22H,3H2,1-2H3,(H,23,24). The number of nitrogens with one attached hydrogen (secondary N) is 2. The summed E-state index contributed by atoms with van der Waals surface area (Å²) in [6.07, 6.45) is -2.87. The Morgan fingerprint density at radius 3 is 2.54 bits per heavy atom. The summed E-state index contributed by atoms with van der Waals surface area (Å²) in [5, 5.41) is -0.407. The van der Waals surface area contributed by atoms with E-state index in [1.54, 1.807) is 0 Å². The molecule has 0 radical (unpaired) electrons. The van der Waals surface area contributed by atoms with Gasteiger partial charge in [-0.1, -0.05) is 41.7 Å². The fourth-order valence-corrected chi connectivity index (χ4v) is 2.99. The largest absolute Gasteiger partial charge is 0.464 e. The number of alkyl halides is 2. The van der Waals surface area contributed by atoms with E-state index in [4.69, 9.17) is 34.8 Å². The Morgan fingerprint density at radius 2 is 1.96 bits per heavy atom. The SMILES string of the molecule is CCNNc1cc(-c2ccc(Cl)c(C(F)F)c2Cl)nc(C(=O)OC)c1Cl. The molecule has 2 rings (SSSR count). The summed E-state index contributed by atoms with van der Waals surface area (Å²) in [4.78, 5) is 16.1. The number of hydrogen-bond acceptors (Lipinski definition) is 5. The van der Waals surface area contributed by atoms with Gasteiger partial charge in [0.05, 0.1) is 39.1 Å². The van der Waals surface area contributed by atoms with Crippen LogP contribution in [0.5, 0.6) is 0 Å². The van der Waals surface area contributed by atoms with Crippen LogP contribution in [0.1, 0.15) is 29.4 Å². The number of carbonyl (C=O) groups excluding carboxylic acids is 1. The van der Waals surface area contributed by atoms with Gasteiger partial charge in [0.1, 0.15) is 0 Å². The van der Waals surface area contributed by atoms with E-state index in [9.17, 15) is 13.6 Å². The van der Waals surface area contributed by atoms with Crippen LogP contribution >= 0.6 is 34.8 Å². The van der Waals surface area contributed by atoms with Crippen LogP contribution in [0.25, 0.3) is 11.3 Å². The number of nitrogens with zero attached hydrogens (tertiary/aromatic N) is 1. The molecule has 0 aliphatic rings. The Bertz CT molecular complexity index is 835. The first kappa shape index (κ1) is 20.6. The summed E-state index contributed by atoms with van der Waals surface area (Å²) in [6, 6.07) is 4.20. The minimum Gasteiger partial charge on any atom is -0.464 e. The third-order valence-corrected chi connectivity index (χ3v) is 4.48. The zero-order valence-corrected chi connectivity index (χ0v) is 15.9. The van der Waals surface area contributed by atoms with E-state index < -0.39 is 18.0 Å². The fraction of sp³-hybridized carbons (Fsp3) is 0.250. The van der Waals surface area contributed by atoms with Crippen LogP contribution in [-0.2, 0) is 4.74 Å². The van der Waals surface area contributed by atoms with E-state index in [0.29, 0.717) is 12.2 Å². The van der Waals surface area contributed by atoms with Crippen LogP contribution in [-0.4, -0.2) is 24.6 Å². The van der Waals surface area contributed by atoms with Gasteiger partial charge in [-0.25, -0.2) is 24.0 Å². The Labute approximate surface area is 163 Å². The molecule has 2 aromatic rings. The highest BCUT2D eigenvalue weighted by Gasteiger charge is 2.23. The number of esters is 1. The van der Waals surface area contributed by atoms with Crippen molar-refractivity contribution in [2.45, 2.75) is 13.3 Å². The monoisotopic (exact) mass is 423 g/mol. The zero-order chi connectivity index (χ0) is 19.4. The molecule has 10 heteroatoms. The molecule has 0 saturated heterocycles. The first-order chi connectivity index (χ1) is 12.3. The van der Waals surface area contributed by atoms with Crippen LogP contribution < -0.4 is 10.9 Å². The molecule has 0 fully saturated rings. The molecule has 1 aromatic carbocycles. The molecule has 0 bridgehead atoms. The van der Waals surface area contributed by atoms with Crippen LogP contribution in [0.3, 0.4) is 0 Å². The summed E-state index contributed by atoms with van der Waals surface area (Å²) in [5.41, 5.74) is 5.59. The summed E-state index contributed by atoms with van der Waals surface area (Å²) < 4.78 is 31.2. The molecule has 0 unspecified atom stereocenters. The van der Waals surface area contributed by atoms with Gasteiger partial charge in [-0.3, -0.25) is 0 Å². The second kappa shape index (κ2) is 8.81. The third kappa shape index (κ3) is 4.17. The predicted molar refractivity (Wildman–Crippen MR) is 98.3 cm³/mol. The Balaban J connectivity index is 2.69. The molecule has 5 nitrogen and oxygen atoms in total. The Hall–Kier alpha value is -1.67. The average molecular weight is 425 g/mol. The molecule has 1 aromatic heterocycles. The Kier molecular flexibility index (Phi) is 7.00. The first-order valence-electron chi connectivity index (χ1n) is 7.35. The summed E-state index contributed by atoms with van der Waals surface area (Å²) in [6.45, 7) is 2.40. The van der Waals surface area contributed by atoms with Crippen molar-refractivity contribution in [1.29, 1.82) is 0 Å². The fourth-order valence-electron chi connectivity index (χ4n) is 2.14. The minimum atomic E-state index is -2.87. The molecular formula is C16H14Cl3F2N3O2. The van der Waals surface area contributed by atoms with Gasteiger partial charge in [0, 0.05) is 12.1 Å². The maximum absolute atomic E-state index is 13.2. The van der Waals surface area contributed by atoms with Crippen LogP contribution in [0.4, 0.5) is 14.5 Å². The van der Waals surface area contributed by atoms with Crippen LogP contribution in [0.2, 0.25) is 15.1 Å². The molecule has 0 saturated carbocycles. The van der Waals surface area contributed by atoms with Crippen molar-refractivity contribution in [3.05, 3.63) is 44.5 Å². The van der Waals surface area contributed by atoms with E-state index in [0.717, 1.165) is 0 Å². The number of aromatic nitrogens is 1. The highest BCUT2D eigenvalue weighted by molar-refractivity contribution is 6.38. The van der Waals surface area contributed by atoms with Crippen molar-refractivity contribution in [3.63, 3.8) is 0 Å². The quantitative estimate of drug-likeness (QED) is 0.482. The van der Waals surface area contributed by atoms with Crippen molar-refractivity contribution in [3.8, 4) is 11.3 Å². The maximum atomic E-state index is 13.2. The maximum Gasteiger partial charge on any atom is 0.358 e. The van der Waals surface area contributed by atoms with Crippen molar-refractivity contribution in [1.82, 2.24) is 10.4 Å². The second-order valence-corrected chi connectivity index (χ2v) is 6.15. The number of benzene rings is 1. The molecule has 26 heavy (non-hydrogen) atoms. The van der Waals surface area contributed by atoms with E-state index in [1.807, 2.05) is 6.92 Å². The number of pyridine rings is 1. The summed E-state index contributed by atoms with van der Waals surface area (Å²) in [5.74, 6) is -0.782. The van der Waals surface area contributed by atoms with E-state index >= 15 is 0 Å². The summed E-state index contributed by atoms with van der Waals surface area (Å²) >= 11 is 18.1. The first-order valence-corrected chi connectivity index (χ1v) is 8.49. The molecular weight excluding hydrogens is 411 g/mol. The lowest BCUT2D eigenvalue weighted by atomic mass is 10.1. The van der Waals surface area contributed by atoms with Gasteiger partial charge in [0.2, 0.25) is 0 Å². The van der Waals surface area contributed by atoms with Crippen LogP contribution in [0.15, 0.2) is 18.2 Å². The van der Waals surface area contributed by atoms with Crippen molar-refractivity contribution >= 4 is 46.5 Å². The molecule has 2 N–H and O–H groups in total. The van der Waals surface area contributed by atoms with Gasteiger partial charge in [0.15, 0.2) is 5.69 Å². The molecule has 1 heterocycles. The number of hydrogen-bond donors (Lipinski definition) is 2. The lowest BCUT2D eigenvalue weighted by Gasteiger charge is -2.15. The molecule has 140 valence electrons. The van der Waals surface area contributed by atoms with Gasteiger partial charge >= 0.3 is 5.97 Å². The number of ether oxygens (including phenoxy) is 1. The smallest absolute Gasteiger partial charge is 0.358 e. The molecule has 0 amide bonds. The topological polar surface area (TPSA) is 63.2 Å². The van der Waals surface area contributed by atoms with Crippen LogP contribution in [0, 0.1) is 0 Å². The molecule has 0 spiro atoms. The second-order valence-electron chi connectivity index (χ2n) is 4.99. The van der Waals surface area contributed by atoms with Crippen molar-refractivity contribution in [2.75, 3.05) is 19.1 Å². The van der Waals surface area contributed by atoms with Gasteiger partial charge in [0.25, 0.3) is 6.43 Å². The summed E-state index contributed by atoms with van der Waals surface area (Å²) in [7, 11) is 1.18. The van der Waals surface area contributed by atoms with Gasteiger partial charge in [-0.2, -0.15) is 0 Å². The normalized spacial score (nSPS) is 10.9. The number of methoxy groups -OCH3 is 1. The van der Waals surface area contributed by atoms with Crippen molar-refractivity contribution < 1.29 is 18.3 Å². The lowest BCUT2D eigenvalue weighted by molar-refractivity contribution is 0.0594. The molecule has 0 aliphatic carbocycles. The highest BCUT2D eigenvalue weighted by atomic mass is 35.5. The number of hydrazine groups is 1. The zero-order valence-electron chi connectivity index (χ0n) is 13.7. The predicted octanol–water partition coefficient (Wildman–Crippen LogP) is 5.37. The molecule has 0 aliphatic heterocycles. The number of anilines is 1.